The van der Waals surface area contributed by atoms with E-state index in [0.29, 0.717) is 16.7 Å². The SMILES string of the molecule is CCN1C(=O)C(=C2Sc3ccccc3N2CC)SC1=Nc1ccc(C)c(Cl)c1. The van der Waals surface area contributed by atoms with Gasteiger partial charge in [0.15, 0.2) is 5.17 Å². The Morgan fingerprint density at radius 2 is 1.79 bits per heavy atom. The minimum atomic E-state index is 0.0122. The zero-order chi connectivity index (χ0) is 19.8. The number of aryl methyl sites for hydroxylation is 1. The van der Waals surface area contributed by atoms with Crippen LogP contribution in [0.1, 0.15) is 19.4 Å². The van der Waals surface area contributed by atoms with Gasteiger partial charge in [-0.05, 0) is 62.4 Å². The van der Waals surface area contributed by atoms with Crippen molar-refractivity contribution in [1.82, 2.24) is 4.90 Å². The quantitative estimate of drug-likeness (QED) is 0.558. The number of para-hydroxylation sites is 1. The summed E-state index contributed by atoms with van der Waals surface area (Å²) < 4.78 is 0. The molecule has 4 nitrogen and oxygen atoms in total. The molecular weight excluding hydrogens is 410 g/mol. The van der Waals surface area contributed by atoms with Crippen molar-refractivity contribution in [2.45, 2.75) is 25.7 Å². The number of carbonyl (C=O) groups is 1. The van der Waals surface area contributed by atoms with Crippen LogP contribution in [0.5, 0.6) is 0 Å². The highest BCUT2D eigenvalue weighted by molar-refractivity contribution is 8.19. The Balaban J connectivity index is 1.74. The van der Waals surface area contributed by atoms with E-state index in [1.165, 1.54) is 16.7 Å². The van der Waals surface area contributed by atoms with Crippen LogP contribution in [0.2, 0.25) is 5.02 Å². The molecule has 0 N–H and O–H groups in total. The van der Waals surface area contributed by atoms with Crippen molar-refractivity contribution >= 4 is 57.6 Å². The Bertz CT molecular complexity index is 1020. The van der Waals surface area contributed by atoms with E-state index in [1.807, 2.05) is 44.2 Å². The molecule has 0 aliphatic carbocycles. The van der Waals surface area contributed by atoms with E-state index in [0.717, 1.165) is 33.4 Å². The largest absolute Gasteiger partial charge is 0.334 e. The normalized spacial score (nSPS) is 20.4. The van der Waals surface area contributed by atoms with Crippen molar-refractivity contribution in [1.29, 1.82) is 0 Å². The second-order valence-electron chi connectivity index (χ2n) is 6.43. The highest BCUT2D eigenvalue weighted by Crippen LogP contribution is 2.50. The Kier molecular flexibility index (Phi) is 5.45. The summed E-state index contributed by atoms with van der Waals surface area (Å²) in [6, 6.07) is 14.0. The summed E-state index contributed by atoms with van der Waals surface area (Å²) in [6.07, 6.45) is 0. The average molecular weight is 430 g/mol. The molecule has 0 aromatic heterocycles. The van der Waals surface area contributed by atoms with Gasteiger partial charge < -0.3 is 4.90 Å². The lowest BCUT2D eigenvalue weighted by molar-refractivity contribution is -0.122. The van der Waals surface area contributed by atoms with E-state index in [4.69, 9.17) is 16.6 Å². The lowest BCUT2D eigenvalue weighted by atomic mass is 10.2. The highest BCUT2D eigenvalue weighted by atomic mass is 35.5. The predicted octanol–water partition coefficient (Wildman–Crippen LogP) is 6.03. The van der Waals surface area contributed by atoms with Gasteiger partial charge in [-0.25, -0.2) is 4.99 Å². The van der Waals surface area contributed by atoms with Gasteiger partial charge in [0.05, 0.1) is 11.4 Å². The van der Waals surface area contributed by atoms with E-state index >= 15 is 0 Å². The zero-order valence-corrected chi connectivity index (χ0v) is 18.3. The van der Waals surface area contributed by atoms with Gasteiger partial charge in [-0.15, -0.1) is 0 Å². The third-order valence-electron chi connectivity index (χ3n) is 4.68. The first kappa shape index (κ1) is 19.4. The number of amidine groups is 1. The van der Waals surface area contributed by atoms with Crippen LogP contribution in [0.15, 0.2) is 62.3 Å². The number of rotatable bonds is 3. The highest BCUT2D eigenvalue weighted by Gasteiger charge is 2.38. The second kappa shape index (κ2) is 7.85. The van der Waals surface area contributed by atoms with Gasteiger partial charge in [0.2, 0.25) is 0 Å². The van der Waals surface area contributed by atoms with E-state index in [2.05, 4.69) is 24.0 Å². The summed E-state index contributed by atoms with van der Waals surface area (Å²) in [7, 11) is 0. The molecule has 0 unspecified atom stereocenters. The molecule has 0 bridgehead atoms. The van der Waals surface area contributed by atoms with Gasteiger partial charge in [-0.2, -0.15) is 0 Å². The smallest absolute Gasteiger partial charge is 0.269 e. The molecule has 2 aromatic rings. The molecule has 1 amide bonds. The zero-order valence-electron chi connectivity index (χ0n) is 15.9. The van der Waals surface area contributed by atoms with Crippen molar-refractivity contribution in [3.63, 3.8) is 0 Å². The Morgan fingerprint density at radius 3 is 2.50 bits per heavy atom. The fourth-order valence-electron chi connectivity index (χ4n) is 3.18. The van der Waals surface area contributed by atoms with Gasteiger partial charge >= 0.3 is 0 Å². The number of aliphatic imine (C=N–C) groups is 1. The van der Waals surface area contributed by atoms with Crippen molar-refractivity contribution in [2.24, 2.45) is 4.99 Å². The molecule has 0 saturated carbocycles. The molecule has 2 aliphatic heterocycles. The van der Waals surface area contributed by atoms with Gasteiger partial charge in [0.25, 0.3) is 5.91 Å². The molecule has 28 heavy (non-hydrogen) atoms. The van der Waals surface area contributed by atoms with Crippen LogP contribution < -0.4 is 4.90 Å². The molecule has 0 atom stereocenters. The topological polar surface area (TPSA) is 35.9 Å². The minimum absolute atomic E-state index is 0.0122. The third-order valence-corrected chi connectivity index (χ3v) is 7.46. The minimum Gasteiger partial charge on any atom is -0.334 e. The van der Waals surface area contributed by atoms with Crippen LogP contribution in [-0.4, -0.2) is 29.1 Å². The second-order valence-corrected chi connectivity index (χ2v) is 8.84. The first-order chi connectivity index (χ1) is 13.5. The summed E-state index contributed by atoms with van der Waals surface area (Å²) in [5, 5.41) is 2.36. The van der Waals surface area contributed by atoms with Crippen LogP contribution in [0.25, 0.3) is 0 Å². The van der Waals surface area contributed by atoms with Gasteiger partial charge in [-0.1, -0.05) is 41.6 Å². The molecule has 2 heterocycles. The van der Waals surface area contributed by atoms with Crippen LogP contribution in [0, 0.1) is 6.92 Å². The Hall–Kier alpha value is -1.89. The maximum absolute atomic E-state index is 13.2. The van der Waals surface area contributed by atoms with Crippen LogP contribution in [-0.2, 0) is 4.79 Å². The number of nitrogens with zero attached hydrogens (tertiary/aromatic N) is 3. The van der Waals surface area contributed by atoms with E-state index in [1.54, 1.807) is 16.7 Å². The lowest BCUT2D eigenvalue weighted by Gasteiger charge is -2.19. The fourth-order valence-corrected chi connectivity index (χ4v) is 5.81. The van der Waals surface area contributed by atoms with Gasteiger partial charge in [0.1, 0.15) is 9.93 Å². The number of hydrogen-bond acceptors (Lipinski definition) is 5. The molecule has 1 saturated heterocycles. The number of benzene rings is 2. The number of amides is 1. The average Bonchev–Trinajstić information content (AvgIpc) is 3.21. The van der Waals surface area contributed by atoms with Crippen LogP contribution in [0.4, 0.5) is 11.4 Å². The van der Waals surface area contributed by atoms with Crippen molar-refractivity contribution in [3.8, 4) is 0 Å². The van der Waals surface area contributed by atoms with Crippen molar-refractivity contribution in [2.75, 3.05) is 18.0 Å². The molecule has 7 heteroatoms. The van der Waals surface area contributed by atoms with E-state index in [9.17, 15) is 4.79 Å². The molecule has 4 rings (SSSR count). The predicted molar refractivity (Wildman–Crippen MR) is 121 cm³/mol. The monoisotopic (exact) mass is 429 g/mol. The van der Waals surface area contributed by atoms with Gasteiger partial charge in [0, 0.05) is 23.0 Å². The van der Waals surface area contributed by atoms with Crippen molar-refractivity contribution < 1.29 is 4.79 Å². The summed E-state index contributed by atoms with van der Waals surface area (Å²) in [4.78, 5) is 23.7. The molecule has 0 spiro atoms. The first-order valence-corrected chi connectivity index (χ1v) is 11.2. The van der Waals surface area contributed by atoms with Crippen LogP contribution >= 0.6 is 35.1 Å². The molecular formula is C21H20ClN3OS2. The standard InChI is InChI=1S/C21H20ClN3OS2/c1-4-24-16-8-6-7-9-17(16)27-20(24)18-19(26)25(5-2)21(28-18)23-14-11-10-13(3)15(22)12-14/h6-12H,4-5H2,1-3H3. The number of carbonyl (C=O) groups excluding carboxylic acids is 1. The number of hydrogen-bond donors (Lipinski definition) is 0. The lowest BCUT2D eigenvalue weighted by Crippen LogP contribution is -2.29. The summed E-state index contributed by atoms with van der Waals surface area (Å²) in [5.74, 6) is 0.0122. The molecule has 2 aromatic carbocycles. The molecule has 1 fully saturated rings. The maximum atomic E-state index is 13.2. The third kappa shape index (κ3) is 3.34. The van der Waals surface area contributed by atoms with Crippen molar-refractivity contribution in [3.05, 3.63) is 63.0 Å². The molecule has 144 valence electrons. The number of halogens is 1. The maximum Gasteiger partial charge on any atom is 0.269 e. The first-order valence-electron chi connectivity index (χ1n) is 9.16. The number of thioether (sulfide) groups is 2. The van der Waals surface area contributed by atoms with E-state index < -0.39 is 0 Å². The summed E-state index contributed by atoms with van der Waals surface area (Å²) >= 11 is 9.34. The molecule has 2 aliphatic rings. The number of anilines is 1. The summed E-state index contributed by atoms with van der Waals surface area (Å²) in [5.41, 5.74) is 2.92. The van der Waals surface area contributed by atoms with Crippen LogP contribution in [0.3, 0.4) is 0 Å². The number of likely N-dealkylation sites (N-methyl/N-ethyl adjacent to an activating group) is 1. The fraction of sp³-hybridized carbons (Fsp3) is 0.238. The Morgan fingerprint density at radius 1 is 1.04 bits per heavy atom. The number of fused-ring (bicyclic) bond motifs is 1. The Labute approximate surface area is 178 Å². The summed E-state index contributed by atoms with van der Waals surface area (Å²) in [6.45, 7) is 7.42. The van der Waals surface area contributed by atoms with E-state index in [-0.39, 0.29) is 5.91 Å². The van der Waals surface area contributed by atoms with Gasteiger partial charge in [-0.3, -0.25) is 9.69 Å². The molecule has 0 radical (unpaired) electrons.